The van der Waals surface area contributed by atoms with Crippen molar-refractivity contribution in [1.29, 1.82) is 0 Å². The summed E-state index contributed by atoms with van der Waals surface area (Å²) in [4.78, 5) is 20.5. The predicted octanol–water partition coefficient (Wildman–Crippen LogP) is 2.72. The Morgan fingerprint density at radius 2 is 1.88 bits per heavy atom. The number of halogens is 1. The number of ether oxygens (including phenoxy) is 1. The van der Waals surface area contributed by atoms with Crippen LogP contribution in [0, 0.1) is 13.8 Å². The largest absolute Gasteiger partial charge is 1.00 e. The number of fused-ring (bicyclic) bond motifs is 2. The molecule has 34 heavy (non-hydrogen) atoms. The van der Waals surface area contributed by atoms with Gasteiger partial charge in [0.1, 0.15) is 11.3 Å². The van der Waals surface area contributed by atoms with Gasteiger partial charge in [-0.3, -0.25) is 4.99 Å². The second-order valence-corrected chi connectivity index (χ2v) is 7.82. The molecule has 0 amide bonds. The van der Waals surface area contributed by atoms with Gasteiger partial charge in [-0.25, -0.2) is 4.79 Å². The highest BCUT2D eigenvalue weighted by atomic mass is 35.5. The minimum absolute atomic E-state index is 0. The lowest BCUT2D eigenvalue weighted by molar-refractivity contribution is -0.344. The molecule has 0 unspecified atom stereocenters. The van der Waals surface area contributed by atoms with Crippen LogP contribution in [0.5, 0.6) is 0 Å². The summed E-state index contributed by atoms with van der Waals surface area (Å²) < 4.78 is 11.7. The molecule has 0 saturated heterocycles. The average molecular weight is 485 g/mol. The Balaban J connectivity index is -0.00000216. The van der Waals surface area contributed by atoms with Crippen LogP contribution in [0.1, 0.15) is 42.5 Å². The van der Waals surface area contributed by atoms with Crippen LogP contribution in [0.3, 0.4) is 0 Å². The number of nitrogens with one attached hydrogen (secondary N) is 1. The smallest absolute Gasteiger partial charge is 0.338 e. The number of rotatable bonds is 5. The van der Waals surface area contributed by atoms with Gasteiger partial charge < -0.3 is 21.6 Å². The molecule has 0 atom stereocenters. The molecule has 1 heterocycles. The van der Waals surface area contributed by atoms with Gasteiger partial charge in [-0.15, -0.1) is 0 Å². The quantitative estimate of drug-likeness (QED) is 0.269. The zero-order valence-corrected chi connectivity index (χ0v) is 20.5. The van der Waals surface area contributed by atoms with E-state index in [4.69, 9.17) is 9.15 Å². The van der Waals surface area contributed by atoms with Crippen LogP contribution in [0.2, 0.25) is 0 Å². The van der Waals surface area contributed by atoms with Crippen molar-refractivity contribution in [2.45, 2.75) is 27.7 Å². The minimum atomic E-state index is -0.346. The lowest BCUT2D eigenvalue weighted by atomic mass is 9.89. The van der Waals surface area contributed by atoms with E-state index in [-0.39, 0.29) is 25.5 Å². The van der Waals surface area contributed by atoms with E-state index < -0.39 is 0 Å². The normalized spacial score (nSPS) is 11.2. The molecule has 2 aromatic carbocycles. The fourth-order valence-corrected chi connectivity index (χ4v) is 4.14. The molecule has 0 fully saturated rings. The number of nitrogens with zero attached hydrogens (tertiary/aromatic N) is 1. The summed E-state index contributed by atoms with van der Waals surface area (Å²) in [6.07, 6.45) is 0. The summed E-state index contributed by atoms with van der Waals surface area (Å²) in [6, 6.07) is 15.6. The van der Waals surface area contributed by atoms with Gasteiger partial charge >= 0.3 is 5.97 Å². The van der Waals surface area contributed by atoms with E-state index in [1.807, 2.05) is 58.0 Å². The van der Waals surface area contributed by atoms with Crippen LogP contribution >= 0.6 is 0 Å². The average Bonchev–Trinajstić information content (AvgIpc) is 2.80. The predicted molar refractivity (Wildman–Crippen MR) is 142 cm³/mol. The SMILES string of the molecule is C=C=[NH+]c1cc2oc3cc(=NCC)c(C)cc-3c(-c3ccccc3C(=O)OCC)c2cc1C.[Cl-].[HH].[HH].[HH].[HH].[HH]. The van der Waals surface area contributed by atoms with E-state index in [1.165, 1.54) is 0 Å². The van der Waals surface area contributed by atoms with Crippen molar-refractivity contribution in [3.05, 3.63) is 77.2 Å². The number of hydrogen-bond acceptors (Lipinski definition) is 4. The first-order valence-electron chi connectivity index (χ1n) is 11.0. The fraction of sp³-hybridized carbons (Fsp3) is 0.214. The third-order valence-corrected chi connectivity index (χ3v) is 5.63. The third-order valence-electron chi connectivity index (χ3n) is 5.63. The Labute approximate surface area is 212 Å². The van der Waals surface area contributed by atoms with Crippen molar-refractivity contribution < 1.29 is 38.5 Å². The topological polar surface area (TPSA) is 65.8 Å². The van der Waals surface area contributed by atoms with Crippen LogP contribution in [0.25, 0.3) is 33.4 Å². The maximum atomic E-state index is 12.8. The van der Waals surface area contributed by atoms with E-state index in [2.05, 4.69) is 34.6 Å². The molecule has 0 saturated carbocycles. The summed E-state index contributed by atoms with van der Waals surface area (Å²) in [5.74, 6) is 3.08. The Kier molecular flexibility index (Phi) is 7.72. The van der Waals surface area contributed by atoms with Crippen molar-refractivity contribution in [1.82, 2.24) is 0 Å². The van der Waals surface area contributed by atoms with E-state index in [0.29, 0.717) is 30.1 Å². The highest BCUT2D eigenvalue weighted by molar-refractivity contribution is 6.08. The third kappa shape index (κ3) is 4.54. The van der Waals surface area contributed by atoms with Crippen molar-refractivity contribution in [2.24, 2.45) is 4.99 Å². The number of hydrogen-bond donors (Lipinski definition) is 1. The first-order chi connectivity index (χ1) is 16.0. The van der Waals surface area contributed by atoms with Gasteiger partial charge in [0.25, 0.3) is 0 Å². The first-order valence-corrected chi connectivity index (χ1v) is 11.0. The summed E-state index contributed by atoms with van der Waals surface area (Å²) in [5.41, 5.74) is 6.77. The first kappa shape index (κ1) is 25.0. The lowest BCUT2D eigenvalue weighted by Gasteiger charge is -2.18. The molecule has 2 aromatic rings. The van der Waals surface area contributed by atoms with E-state index >= 15 is 0 Å². The number of esters is 1. The molecule has 0 bridgehead atoms. The van der Waals surface area contributed by atoms with E-state index in [9.17, 15) is 4.79 Å². The van der Waals surface area contributed by atoms with Crippen LogP contribution in [-0.2, 0) is 4.74 Å². The second-order valence-electron chi connectivity index (χ2n) is 7.82. The zero-order chi connectivity index (χ0) is 23.5. The molecule has 1 N–H and O–H groups in total. The zero-order valence-electron chi connectivity index (χ0n) is 19.8. The summed E-state index contributed by atoms with van der Waals surface area (Å²) in [6.45, 7) is 12.5. The number of carbonyl (C=O) groups is 1. The van der Waals surface area contributed by atoms with Crippen molar-refractivity contribution in [3.8, 4) is 22.5 Å². The molecule has 1 aliphatic heterocycles. The van der Waals surface area contributed by atoms with Crippen LogP contribution in [0.4, 0.5) is 5.69 Å². The maximum Gasteiger partial charge on any atom is 0.338 e. The standard InChI is InChI=1S/C28H26N2O3.ClH.5H2/c1-6-29-23-15-25-21(13-17(23)4)27(19-11-9-10-12-20(19)28(31)32-8-3)22-14-18(5)24(30-7-2)16-26(22)33-25;;;;;;/h9-16H,1,7-8H2,2-5H3;6*1H. The van der Waals surface area contributed by atoms with E-state index in [0.717, 1.165) is 44.2 Å². The van der Waals surface area contributed by atoms with Gasteiger partial charge in [0.2, 0.25) is 5.69 Å². The molecular formula is C28H37ClN2O3. The molecule has 0 radical (unpaired) electrons. The number of aryl methyl sites for hydroxylation is 2. The van der Waals surface area contributed by atoms with Crippen molar-refractivity contribution in [3.63, 3.8) is 0 Å². The Bertz CT molecular complexity index is 1480. The Morgan fingerprint density at radius 3 is 2.59 bits per heavy atom. The highest BCUT2D eigenvalue weighted by Gasteiger charge is 2.23. The molecule has 0 spiro atoms. The molecule has 0 aromatic heterocycles. The minimum Gasteiger partial charge on any atom is -1.00 e. The molecule has 1 aliphatic carbocycles. The van der Waals surface area contributed by atoms with Gasteiger partial charge in [0.15, 0.2) is 5.87 Å². The number of benzene rings is 3. The summed E-state index contributed by atoms with van der Waals surface area (Å²) in [7, 11) is 0. The fourth-order valence-electron chi connectivity index (χ4n) is 4.14. The lowest BCUT2D eigenvalue weighted by Crippen LogP contribution is -3.00. The van der Waals surface area contributed by atoms with Gasteiger partial charge in [0.05, 0.1) is 23.6 Å². The van der Waals surface area contributed by atoms with Crippen LogP contribution in [-0.4, -0.2) is 25.0 Å². The Hall–Kier alpha value is -3.66. The maximum absolute atomic E-state index is 12.8. The molecule has 5 nitrogen and oxygen atoms in total. The number of carbonyl (C=O) groups excluding carboxylic acids is 1. The van der Waals surface area contributed by atoms with Gasteiger partial charge in [-0.2, -0.15) is 4.99 Å². The summed E-state index contributed by atoms with van der Waals surface area (Å²) in [5, 5.41) is 1.80. The Morgan fingerprint density at radius 1 is 1.12 bits per heavy atom. The second kappa shape index (κ2) is 10.5. The van der Waals surface area contributed by atoms with Crippen molar-refractivity contribution >= 4 is 28.5 Å². The monoisotopic (exact) mass is 484 g/mol. The van der Waals surface area contributed by atoms with E-state index in [1.54, 1.807) is 6.07 Å². The van der Waals surface area contributed by atoms with Gasteiger partial charge in [-0.05, 0) is 57.0 Å². The molecule has 2 aliphatic rings. The van der Waals surface area contributed by atoms with Gasteiger partial charge in [-0.1, -0.05) is 18.2 Å². The van der Waals surface area contributed by atoms with Gasteiger partial charge in [0, 0.05) is 48.4 Å². The molecule has 184 valence electrons. The summed E-state index contributed by atoms with van der Waals surface area (Å²) >= 11 is 0. The molecule has 4 rings (SSSR count). The van der Waals surface area contributed by atoms with Crippen LogP contribution in [0.15, 0.2) is 64.5 Å². The van der Waals surface area contributed by atoms with Crippen LogP contribution < -0.4 is 22.8 Å². The highest BCUT2D eigenvalue weighted by Crippen LogP contribution is 2.42. The molecular weight excluding hydrogens is 448 g/mol. The van der Waals surface area contributed by atoms with Crippen molar-refractivity contribution in [2.75, 3.05) is 13.2 Å². The molecule has 6 heteroatoms.